The number of imide groups is 1. The molecule has 0 radical (unpaired) electrons. The summed E-state index contributed by atoms with van der Waals surface area (Å²) in [6.07, 6.45) is 5.82. The Hall–Kier alpha value is -6.65. The van der Waals surface area contributed by atoms with Gasteiger partial charge in [-0.15, -0.1) is 0 Å². The van der Waals surface area contributed by atoms with Crippen LogP contribution in [0.25, 0.3) is 16.8 Å². The number of hydrogen-bond acceptors (Lipinski definition) is 12. The second-order valence-electron chi connectivity index (χ2n) is 18.1. The molecule has 1 saturated carbocycles. The summed E-state index contributed by atoms with van der Waals surface area (Å²) in [6.45, 7) is 12.1. The second-order valence-corrected chi connectivity index (χ2v) is 18.1. The number of piperidine rings is 1. The number of carbonyl (C=O) groups is 5. The molecule has 9 rings (SSSR count). The molecule has 322 valence electrons. The summed E-state index contributed by atoms with van der Waals surface area (Å²) in [5.74, 6) is -0.161. The van der Waals surface area contributed by atoms with Gasteiger partial charge in [-0.1, -0.05) is 38.1 Å². The van der Waals surface area contributed by atoms with E-state index in [-0.39, 0.29) is 46.7 Å². The Morgan fingerprint density at radius 1 is 0.984 bits per heavy atom. The molecule has 4 fully saturated rings. The van der Waals surface area contributed by atoms with Crippen LogP contribution in [0.4, 0.5) is 5.69 Å². The minimum atomic E-state index is -0.735. The van der Waals surface area contributed by atoms with Crippen molar-refractivity contribution < 1.29 is 33.2 Å². The van der Waals surface area contributed by atoms with Crippen LogP contribution in [0.3, 0.4) is 0 Å². The van der Waals surface area contributed by atoms with Gasteiger partial charge in [0, 0.05) is 81.1 Å². The van der Waals surface area contributed by atoms with Gasteiger partial charge in [0.15, 0.2) is 6.10 Å². The summed E-state index contributed by atoms with van der Waals surface area (Å²) in [7, 11) is 0. The fourth-order valence-corrected chi connectivity index (χ4v) is 9.08. The van der Waals surface area contributed by atoms with Crippen LogP contribution in [0, 0.1) is 18.3 Å². The molecular weight excluding hydrogens is 793 g/mol. The molecule has 17 nitrogen and oxygen atoms in total. The van der Waals surface area contributed by atoms with Gasteiger partial charge in [-0.05, 0) is 79.1 Å². The van der Waals surface area contributed by atoms with Gasteiger partial charge >= 0.3 is 0 Å². The minimum absolute atomic E-state index is 0.00737. The average molecular weight is 843 g/mol. The van der Waals surface area contributed by atoms with E-state index in [9.17, 15) is 24.0 Å². The normalized spacial score (nSPS) is 21.6. The molecule has 17 heteroatoms. The maximum atomic E-state index is 13.7. The highest BCUT2D eigenvalue weighted by atomic mass is 16.5. The van der Waals surface area contributed by atoms with E-state index in [1.54, 1.807) is 30.6 Å². The van der Waals surface area contributed by atoms with Crippen molar-refractivity contribution in [3.63, 3.8) is 0 Å². The highest BCUT2D eigenvalue weighted by molar-refractivity contribution is 6.00. The Morgan fingerprint density at radius 3 is 2.47 bits per heavy atom. The van der Waals surface area contributed by atoms with Gasteiger partial charge in [0.1, 0.15) is 12.1 Å². The lowest BCUT2D eigenvalue weighted by Crippen LogP contribution is -2.54. The lowest BCUT2D eigenvalue weighted by molar-refractivity contribution is -0.143. The van der Waals surface area contributed by atoms with Gasteiger partial charge in [0.05, 0.1) is 23.1 Å². The summed E-state index contributed by atoms with van der Waals surface area (Å²) in [5.41, 5.74) is 5.72. The quantitative estimate of drug-likeness (QED) is 0.202. The van der Waals surface area contributed by atoms with Crippen LogP contribution < -0.4 is 20.3 Å². The van der Waals surface area contributed by atoms with Crippen LogP contribution in [0.5, 0.6) is 5.75 Å². The predicted molar refractivity (Wildman–Crippen MR) is 225 cm³/mol. The molecule has 6 heterocycles. The van der Waals surface area contributed by atoms with Gasteiger partial charge in [-0.25, -0.2) is 9.50 Å². The summed E-state index contributed by atoms with van der Waals surface area (Å²) in [4.78, 5) is 78.4. The number of carbonyl (C=O) groups excluding carboxylic acids is 5. The van der Waals surface area contributed by atoms with E-state index < -0.39 is 17.9 Å². The number of benzene rings is 2. The number of likely N-dealkylation sites (tertiary alicyclic amines) is 1. The number of piperazine rings is 1. The molecule has 3 aliphatic heterocycles. The zero-order valence-electron chi connectivity index (χ0n) is 35.3. The zero-order valence-corrected chi connectivity index (χ0v) is 35.3. The smallest absolute Gasteiger partial charge is 0.292 e. The van der Waals surface area contributed by atoms with Crippen LogP contribution in [0.2, 0.25) is 0 Å². The molecule has 3 saturated heterocycles. The number of hydrogen-bond donors (Lipinski definition) is 2. The third-order valence-electron chi connectivity index (χ3n) is 12.7. The SMILES string of the molecule is Cc1cc(-c2ncnn3cc(N4CCN(C(=O)C5CC6(CCN(C(=O)c7ccc(OC8CCC(=O)NC8=O)cc7)C6)C5)CC4)cc23)ccc1CNC(=O)c1noc(C(C)(C)C)n1. The van der Waals surface area contributed by atoms with Gasteiger partial charge in [0.25, 0.3) is 23.5 Å². The van der Waals surface area contributed by atoms with Crippen LogP contribution in [-0.4, -0.2) is 109 Å². The molecule has 1 atom stereocenters. The van der Waals surface area contributed by atoms with E-state index in [1.165, 1.54) is 0 Å². The summed E-state index contributed by atoms with van der Waals surface area (Å²) in [5, 5.41) is 13.5. The fraction of sp³-hybridized carbons (Fsp3) is 0.444. The Morgan fingerprint density at radius 2 is 1.76 bits per heavy atom. The van der Waals surface area contributed by atoms with Crippen LogP contribution in [0.15, 0.2) is 65.6 Å². The monoisotopic (exact) mass is 842 g/mol. The topological polar surface area (TPSA) is 197 Å². The molecular formula is C45H50N10O7. The van der Waals surface area contributed by atoms with E-state index >= 15 is 0 Å². The molecule has 0 bridgehead atoms. The summed E-state index contributed by atoms with van der Waals surface area (Å²) >= 11 is 0. The number of nitrogens with zero attached hydrogens (tertiary/aromatic N) is 8. The second kappa shape index (κ2) is 16.0. The molecule has 62 heavy (non-hydrogen) atoms. The highest BCUT2D eigenvalue weighted by Gasteiger charge is 2.52. The number of nitrogens with one attached hydrogen (secondary N) is 2. The van der Waals surface area contributed by atoms with E-state index in [0.717, 1.165) is 52.9 Å². The number of aryl methyl sites for hydroxylation is 1. The number of aromatic nitrogens is 5. The van der Waals surface area contributed by atoms with Crippen LogP contribution in [-0.2, 0) is 26.3 Å². The van der Waals surface area contributed by atoms with Crippen molar-refractivity contribution in [2.45, 2.75) is 77.9 Å². The lowest BCUT2D eigenvalue weighted by Gasteiger charge is -2.47. The number of ether oxygens (including phenoxy) is 1. The predicted octanol–water partition coefficient (Wildman–Crippen LogP) is 4.09. The molecule has 2 aromatic carbocycles. The van der Waals surface area contributed by atoms with E-state index in [0.29, 0.717) is 69.4 Å². The fourth-order valence-electron chi connectivity index (χ4n) is 9.08. The number of amides is 5. The standard InChI is InChI=1S/C45H50N10O7/c1-27-19-29(5-6-30(27)23-46-40(58)38-50-43(62-51-38)44(2,3)4)37-34-20-32(24-55(34)48-26-47-37)52-15-17-53(18-16-52)42(60)31-21-45(22-31)13-14-54(25-45)41(59)28-7-9-33(10-8-28)61-35-11-12-36(56)49-39(35)57/h5-10,19-20,24,26,31,35H,11-18,21-23,25H2,1-4H3,(H,46,58)(H,49,56,57). The molecule has 5 aromatic rings. The van der Waals surface area contributed by atoms with Crippen molar-refractivity contribution in [1.29, 1.82) is 0 Å². The van der Waals surface area contributed by atoms with Gasteiger partial charge in [0.2, 0.25) is 17.7 Å². The Kier molecular flexibility index (Phi) is 10.5. The van der Waals surface area contributed by atoms with Crippen molar-refractivity contribution in [2.75, 3.05) is 44.2 Å². The first kappa shape index (κ1) is 40.7. The number of anilines is 1. The molecule has 5 amide bonds. The van der Waals surface area contributed by atoms with Gasteiger partial charge in [-0.2, -0.15) is 10.1 Å². The van der Waals surface area contributed by atoms with Gasteiger partial charge < -0.3 is 29.3 Å². The van der Waals surface area contributed by atoms with Gasteiger partial charge in [-0.3, -0.25) is 29.3 Å². The van der Waals surface area contributed by atoms with Crippen molar-refractivity contribution in [3.05, 3.63) is 89.5 Å². The number of fused-ring (bicyclic) bond motifs is 1. The molecule has 1 spiro atoms. The summed E-state index contributed by atoms with van der Waals surface area (Å²) in [6, 6.07) is 14.9. The molecule has 1 unspecified atom stereocenters. The minimum Gasteiger partial charge on any atom is -0.481 e. The first-order valence-corrected chi connectivity index (χ1v) is 21.2. The maximum absolute atomic E-state index is 13.7. The Bertz CT molecular complexity index is 2560. The first-order valence-electron chi connectivity index (χ1n) is 21.2. The third-order valence-corrected chi connectivity index (χ3v) is 12.7. The lowest BCUT2D eigenvalue weighted by atomic mass is 9.61. The largest absolute Gasteiger partial charge is 0.481 e. The first-order chi connectivity index (χ1) is 29.7. The highest BCUT2D eigenvalue weighted by Crippen LogP contribution is 2.52. The zero-order chi connectivity index (χ0) is 43.3. The van der Waals surface area contributed by atoms with E-state index in [2.05, 4.69) is 47.9 Å². The van der Waals surface area contributed by atoms with Crippen LogP contribution >= 0.6 is 0 Å². The Balaban J connectivity index is 0.756. The van der Waals surface area contributed by atoms with Crippen molar-refractivity contribution in [1.82, 2.24) is 45.2 Å². The average Bonchev–Trinajstić information content (AvgIpc) is 4.03. The number of rotatable bonds is 9. The van der Waals surface area contributed by atoms with E-state index in [4.69, 9.17) is 9.26 Å². The van der Waals surface area contributed by atoms with Crippen molar-refractivity contribution >= 4 is 40.7 Å². The molecule has 4 aliphatic rings. The Labute approximate surface area is 358 Å². The van der Waals surface area contributed by atoms with Crippen LogP contribution in [0.1, 0.15) is 90.9 Å². The summed E-state index contributed by atoms with van der Waals surface area (Å²) < 4.78 is 12.9. The third kappa shape index (κ3) is 8.10. The molecule has 3 aromatic heterocycles. The van der Waals surface area contributed by atoms with Crippen molar-refractivity contribution in [2.24, 2.45) is 11.3 Å². The maximum Gasteiger partial charge on any atom is 0.292 e. The van der Waals surface area contributed by atoms with E-state index in [1.807, 2.05) is 60.3 Å². The van der Waals surface area contributed by atoms with Crippen molar-refractivity contribution in [3.8, 4) is 17.0 Å². The molecule has 1 aliphatic carbocycles. The molecule has 2 N–H and O–H groups in total.